The highest BCUT2D eigenvalue weighted by Crippen LogP contribution is 2.28. The number of carbonyl (C=O) groups is 1. The Kier molecular flexibility index (Phi) is 5.68. The first kappa shape index (κ1) is 18.1. The van der Waals surface area contributed by atoms with E-state index in [0.29, 0.717) is 12.1 Å². The van der Waals surface area contributed by atoms with Gasteiger partial charge in [0.25, 0.3) is 11.0 Å². The number of carboxylic acids is 1. The van der Waals surface area contributed by atoms with Crippen molar-refractivity contribution in [1.82, 2.24) is 0 Å². The van der Waals surface area contributed by atoms with Crippen LogP contribution in [0.1, 0.15) is 37.2 Å². The summed E-state index contributed by atoms with van der Waals surface area (Å²) in [6.45, 7) is 6.26. The van der Waals surface area contributed by atoms with Crippen molar-refractivity contribution in [2.24, 2.45) is 0 Å². The second kappa shape index (κ2) is 8.15. The number of aliphatic carboxylic acids is 1. The van der Waals surface area contributed by atoms with Crippen molar-refractivity contribution in [3.63, 3.8) is 0 Å². The fraction of sp³-hybridized carbons (Fsp3) is 0.238. The fourth-order valence-electron chi connectivity index (χ4n) is 3.03. The molecule has 3 rings (SSSR count). The standard InChI is InChI=1S/C21H22N2O2S/c1-3-4-12-18(21(24)25)23-17-13-8-9-14-19(17)26-20(23)15(2)22-16-10-6-5-7-11-16/h5-11,13-14,18,22H,2-4,12H2,1H3/p+1. The molecule has 1 unspecified atom stereocenters. The molecule has 0 spiro atoms. The van der Waals surface area contributed by atoms with E-state index in [1.54, 1.807) is 11.3 Å². The summed E-state index contributed by atoms with van der Waals surface area (Å²) in [6, 6.07) is 17.1. The van der Waals surface area contributed by atoms with Crippen LogP contribution in [0.2, 0.25) is 0 Å². The number of thiazole rings is 1. The van der Waals surface area contributed by atoms with Gasteiger partial charge in [-0.25, -0.2) is 4.79 Å². The zero-order valence-electron chi connectivity index (χ0n) is 14.8. The molecule has 0 radical (unpaired) electrons. The molecule has 0 amide bonds. The van der Waals surface area contributed by atoms with E-state index in [9.17, 15) is 9.90 Å². The highest BCUT2D eigenvalue weighted by Gasteiger charge is 2.35. The predicted molar refractivity (Wildman–Crippen MR) is 107 cm³/mol. The molecule has 1 aromatic heterocycles. The summed E-state index contributed by atoms with van der Waals surface area (Å²) < 4.78 is 2.98. The van der Waals surface area contributed by atoms with Gasteiger partial charge in [-0.05, 0) is 24.6 Å². The first-order chi connectivity index (χ1) is 12.6. The molecule has 26 heavy (non-hydrogen) atoms. The van der Waals surface area contributed by atoms with Crippen LogP contribution in [0.5, 0.6) is 0 Å². The molecule has 2 N–H and O–H groups in total. The molecule has 0 saturated heterocycles. The zero-order chi connectivity index (χ0) is 18.5. The number of nitrogens with zero attached hydrogens (tertiary/aromatic N) is 1. The van der Waals surface area contributed by atoms with Crippen LogP contribution in [-0.4, -0.2) is 11.1 Å². The molecule has 1 atom stereocenters. The van der Waals surface area contributed by atoms with E-state index in [2.05, 4.69) is 18.8 Å². The number of unbranched alkanes of at least 4 members (excludes halogenated alkanes) is 1. The van der Waals surface area contributed by atoms with Gasteiger partial charge in [0.15, 0.2) is 0 Å². The lowest BCUT2D eigenvalue weighted by Gasteiger charge is -2.11. The lowest BCUT2D eigenvalue weighted by Crippen LogP contribution is -2.46. The first-order valence-corrected chi connectivity index (χ1v) is 9.60. The average molecular weight is 367 g/mol. The summed E-state index contributed by atoms with van der Waals surface area (Å²) in [5, 5.41) is 14.0. The second-order valence-electron chi connectivity index (χ2n) is 6.21. The van der Waals surface area contributed by atoms with Crippen molar-refractivity contribution in [3.05, 3.63) is 66.2 Å². The molecule has 0 bridgehead atoms. The van der Waals surface area contributed by atoms with E-state index in [4.69, 9.17) is 0 Å². The summed E-state index contributed by atoms with van der Waals surface area (Å²) in [6.07, 6.45) is 2.43. The number of para-hydroxylation sites is 2. The van der Waals surface area contributed by atoms with Crippen LogP contribution in [-0.2, 0) is 4.79 Å². The molecule has 5 heteroatoms. The Morgan fingerprint density at radius 3 is 2.58 bits per heavy atom. The fourth-order valence-corrected chi connectivity index (χ4v) is 4.16. The number of benzene rings is 2. The van der Waals surface area contributed by atoms with Crippen LogP contribution < -0.4 is 9.88 Å². The van der Waals surface area contributed by atoms with Gasteiger partial charge in [0, 0.05) is 18.2 Å². The molecule has 0 aliphatic carbocycles. The number of rotatable bonds is 8. The molecule has 0 aliphatic rings. The molecule has 3 aromatic rings. The Bertz CT molecular complexity index is 918. The maximum atomic E-state index is 12.0. The van der Waals surface area contributed by atoms with Crippen molar-refractivity contribution < 1.29 is 14.5 Å². The smallest absolute Gasteiger partial charge is 0.373 e. The van der Waals surface area contributed by atoms with Gasteiger partial charge < -0.3 is 10.4 Å². The lowest BCUT2D eigenvalue weighted by atomic mass is 10.1. The monoisotopic (exact) mass is 367 g/mol. The number of hydrogen-bond donors (Lipinski definition) is 2. The summed E-state index contributed by atoms with van der Waals surface area (Å²) in [5.74, 6) is -0.805. The number of aromatic nitrogens is 1. The van der Waals surface area contributed by atoms with E-state index < -0.39 is 12.0 Å². The molecule has 1 heterocycles. The van der Waals surface area contributed by atoms with E-state index in [0.717, 1.165) is 33.8 Å². The lowest BCUT2D eigenvalue weighted by molar-refractivity contribution is -0.684. The molecule has 0 fully saturated rings. The van der Waals surface area contributed by atoms with Gasteiger partial charge in [-0.2, -0.15) is 4.57 Å². The van der Waals surface area contributed by atoms with E-state index in [1.807, 2.05) is 59.2 Å². The number of carboxylic acid groups (broad SMARTS) is 1. The van der Waals surface area contributed by atoms with Crippen molar-refractivity contribution in [2.45, 2.75) is 32.2 Å². The van der Waals surface area contributed by atoms with Gasteiger partial charge in [0.2, 0.25) is 5.52 Å². The predicted octanol–water partition coefficient (Wildman–Crippen LogP) is 5.09. The minimum atomic E-state index is -0.805. The average Bonchev–Trinajstić information content (AvgIpc) is 3.02. The van der Waals surface area contributed by atoms with E-state index >= 15 is 0 Å². The van der Waals surface area contributed by atoms with Crippen LogP contribution in [0, 0.1) is 0 Å². The van der Waals surface area contributed by atoms with Crippen molar-refractivity contribution >= 4 is 38.9 Å². The molecular formula is C21H23N2O2S+. The number of nitrogens with one attached hydrogen (secondary N) is 1. The Morgan fingerprint density at radius 1 is 1.19 bits per heavy atom. The van der Waals surface area contributed by atoms with Crippen LogP contribution in [0.25, 0.3) is 15.9 Å². The summed E-state index contributed by atoms with van der Waals surface area (Å²) in [7, 11) is 0. The molecular weight excluding hydrogens is 344 g/mol. The van der Waals surface area contributed by atoms with E-state index in [-0.39, 0.29) is 0 Å². The molecule has 134 valence electrons. The Hall–Kier alpha value is -2.66. The van der Waals surface area contributed by atoms with Crippen molar-refractivity contribution in [3.8, 4) is 0 Å². The van der Waals surface area contributed by atoms with Crippen LogP contribution in [0.4, 0.5) is 5.69 Å². The van der Waals surface area contributed by atoms with Gasteiger partial charge in [-0.15, -0.1) is 0 Å². The van der Waals surface area contributed by atoms with Crippen LogP contribution in [0.3, 0.4) is 0 Å². The van der Waals surface area contributed by atoms with Crippen molar-refractivity contribution in [1.29, 1.82) is 0 Å². The minimum absolute atomic E-state index is 0.600. The third kappa shape index (κ3) is 3.78. The zero-order valence-corrected chi connectivity index (χ0v) is 15.6. The molecule has 0 saturated carbocycles. The van der Waals surface area contributed by atoms with Crippen molar-refractivity contribution in [2.75, 3.05) is 5.32 Å². The third-order valence-corrected chi connectivity index (χ3v) is 5.51. The highest BCUT2D eigenvalue weighted by atomic mass is 32.1. The molecule has 2 aromatic carbocycles. The highest BCUT2D eigenvalue weighted by molar-refractivity contribution is 7.19. The van der Waals surface area contributed by atoms with Gasteiger partial charge >= 0.3 is 5.97 Å². The summed E-state index contributed by atoms with van der Waals surface area (Å²) in [5.41, 5.74) is 2.58. The topological polar surface area (TPSA) is 53.2 Å². The number of hydrogen-bond acceptors (Lipinski definition) is 3. The summed E-state index contributed by atoms with van der Waals surface area (Å²) in [4.78, 5) is 12.0. The normalized spacial score (nSPS) is 12.0. The first-order valence-electron chi connectivity index (χ1n) is 8.79. The van der Waals surface area contributed by atoms with Crippen LogP contribution >= 0.6 is 11.3 Å². The quantitative estimate of drug-likeness (QED) is 0.545. The van der Waals surface area contributed by atoms with E-state index in [1.165, 1.54) is 0 Å². The molecule has 0 aliphatic heterocycles. The maximum Gasteiger partial charge on any atom is 0.373 e. The molecule has 4 nitrogen and oxygen atoms in total. The van der Waals surface area contributed by atoms with Gasteiger partial charge in [0.05, 0.1) is 0 Å². The van der Waals surface area contributed by atoms with Crippen LogP contribution in [0.15, 0.2) is 61.2 Å². The Morgan fingerprint density at radius 2 is 1.88 bits per heavy atom. The number of fused-ring (bicyclic) bond motifs is 1. The SMILES string of the molecule is C=C(Nc1ccccc1)c1sc2ccccc2[n+]1C(CCCC)C(=O)O. The minimum Gasteiger partial charge on any atom is -0.476 e. The van der Waals surface area contributed by atoms with Gasteiger partial charge in [-0.3, -0.25) is 0 Å². The third-order valence-electron chi connectivity index (χ3n) is 4.31. The maximum absolute atomic E-state index is 12.0. The second-order valence-corrected chi connectivity index (χ2v) is 7.24. The largest absolute Gasteiger partial charge is 0.476 e. The van der Waals surface area contributed by atoms with Gasteiger partial charge in [-0.1, -0.05) is 61.6 Å². The number of anilines is 1. The van der Waals surface area contributed by atoms with Gasteiger partial charge in [0.1, 0.15) is 10.4 Å². The Labute approximate surface area is 157 Å². The summed E-state index contributed by atoms with van der Waals surface area (Å²) >= 11 is 1.57. The Balaban J connectivity index is 2.06.